The predicted octanol–water partition coefficient (Wildman–Crippen LogP) is 1.74. The van der Waals surface area contributed by atoms with Crippen LogP contribution in [0.5, 0.6) is 0 Å². The number of aliphatic imine (C=N–C) groups is 1. The van der Waals surface area contributed by atoms with Gasteiger partial charge in [0.2, 0.25) is 0 Å². The topological polar surface area (TPSA) is 12.4 Å². The van der Waals surface area contributed by atoms with Crippen molar-refractivity contribution in [3.8, 4) is 0 Å². The fraction of sp³-hybridized carbons (Fsp3) is 0.125. The van der Waals surface area contributed by atoms with Crippen LogP contribution in [0.4, 0.5) is 0 Å². The predicted molar refractivity (Wildman–Crippen MR) is 40.8 cm³/mol. The van der Waals surface area contributed by atoms with Gasteiger partial charge in [-0.15, -0.1) is 0 Å². The van der Waals surface area contributed by atoms with Gasteiger partial charge in [-0.1, -0.05) is 18.7 Å². The summed E-state index contributed by atoms with van der Waals surface area (Å²) in [5.41, 5.74) is 2.03. The quantitative estimate of drug-likeness (QED) is 0.460. The first kappa shape index (κ1) is 6.02. The van der Waals surface area contributed by atoms with Gasteiger partial charge in [0.1, 0.15) is 0 Å². The standard InChI is InChI=1S/C8H9N/c1-7-3-5-8(9-2)6-4-7/h3-6H,1H2,2H3. The molecule has 1 aliphatic rings. The Morgan fingerprint density at radius 3 is 2.22 bits per heavy atom. The summed E-state index contributed by atoms with van der Waals surface area (Å²) >= 11 is 0. The Balaban J connectivity index is 2.82. The van der Waals surface area contributed by atoms with E-state index in [1.54, 1.807) is 7.05 Å². The first-order valence-electron chi connectivity index (χ1n) is 2.85. The van der Waals surface area contributed by atoms with E-state index in [4.69, 9.17) is 0 Å². The lowest BCUT2D eigenvalue weighted by Crippen LogP contribution is -1.91. The van der Waals surface area contributed by atoms with Crippen LogP contribution in [0.15, 0.2) is 41.4 Å². The zero-order valence-electron chi connectivity index (χ0n) is 5.46. The molecule has 0 spiro atoms. The molecule has 0 bridgehead atoms. The van der Waals surface area contributed by atoms with Crippen molar-refractivity contribution in [1.82, 2.24) is 0 Å². The van der Waals surface area contributed by atoms with E-state index >= 15 is 0 Å². The molecule has 0 saturated heterocycles. The first-order valence-corrected chi connectivity index (χ1v) is 2.85. The Kier molecular flexibility index (Phi) is 1.63. The average molecular weight is 119 g/mol. The highest BCUT2D eigenvalue weighted by atomic mass is 14.7. The van der Waals surface area contributed by atoms with Crippen LogP contribution in [0.1, 0.15) is 0 Å². The van der Waals surface area contributed by atoms with Gasteiger partial charge in [0.05, 0.1) is 5.71 Å². The van der Waals surface area contributed by atoms with Gasteiger partial charge in [0.15, 0.2) is 0 Å². The molecule has 0 fully saturated rings. The van der Waals surface area contributed by atoms with Crippen molar-refractivity contribution in [3.05, 3.63) is 36.5 Å². The minimum Gasteiger partial charge on any atom is -0.289 e. The molecule has 0 saturated carbocycles. The average Bonchev–Trinajstić information content (AvgIpc) is 1.90. The summed E-state index contributed by atoms with van der Waals surface area (Å²) in [6, 6.07) is 0. The fourth-order valence-corrected chi connectivity index (χ4v) is 0.645. The van der Waals surface area contributed by atoms with E-state index in [9.17, 15) is 0 Å². The molecule has 0 atom stereocenters. The summed E-state index contributed by atoms with van der Waals surface area (Å²) in [5, 5.41) is 0. The SMILES string of the molecule is C=C1C=CC(=NC)C=C1. The number of nitrogens with zero attached hydrogens (tertiary/aromatic N) is 1. The Morgan fingerprint density at radius 2 is 1.78 bits per heavy atom. The van der Waals surface area contributed by atoms with Crippen LogP contribution in [-0.4, -0.2) is 12.8 Å². The molecule has 9 heavy (non-hydrogen) atoms. The van der Waals surface area contributed by atoms with Crippen LogP contribution in [-0.2, 0) is 0 Å². The third kappa shape index (κ3) is 1.39. The van der Waals surface area contributed by atoms with Gasteiger partial charge in [-0.2, -0.15) is 0 Å². The van der Waals surface area contributed by atoms with Crippen LogP contribution < -0.4 is 0 Å². The lowest BCUT2D eigenvalue weighted by atomic mass is 10.1. The lowest BCUT2D eigenvalue weighted by Gasteiger charge is -1.97. The molecule has 0 aromatic heterocycles. The van der Waals surface area contributed by atoms with Gasteiger partial charge in [0.25, 0.3) is 0 Å². The highest BCUT2D eigenvalue weighted by Gasteiger charge is 1.91. The number of hydrogen-bond donors (Lipinski definition) is 0. The van der Waals surface area contributed by atoms with Crippen molar-refractivity contribution in [1.29, 1.82) is 0 Å². The minimum absolute atomic E-state index is 1.00. The summed E-state index contributed by atoms with van der Waals surface area (Å²) in [6.07, 6.45) is 7.79. The van der Waals surface area contributed by atoms with E-state index in [1.165, 1.54) is 0 Å². The molecule has 0 radical (unpaired) electrons. The van der Waals surface area contributed by atoms with Crippen LogP contribution in [0.2, 0.25) is 0 Å². The summed E-state index contributed by atoms with van der Waals surface area (Å²) in [5.74, 6) is 0. The van der Waals surface area contributed by atoms with E-state index < -0.39 is 0 Å². The third-order valence-corrected chi connectivity index (χ3v) is 1.19. The van der Waals surface area contributed by atoms with Gasteiger partial charge in [-0.05, 0) is 17.7 Å². The second-order valence-corrected chi connectivity index (χ2v) is 1.89. The van der Waals surface area contributed by atoms with E-state index in [-0.39, 0.29) is 0 Å². The molecule has 1 nitrogen and oxygen atoms in total. The number of allylic oxidation sites excluding steroid dienone is 5. The summed E-state index contributed by atoms with van der Waals surface area (Å²) in [6.45, 7) is 3.75. The summed E-state index contributed by atoms with van der Waals surface area (Å²) < 4.78 is 0. The molecular weight excluding hydrogens is 110 g/mol. The molecule has 1 rings (SSSR count). The maximum absolute atomic E-state index is 3.98. The molecule has 1 heteroatoms. The Labute approximate surface area is 55.1 Å². The molecule has 0 heterocycles. The van der Waals surface area contributed by atoms with Crippen LogP contribution in [0.25, 0.3) is 0 Å². The van der Waals surface area contributed by atoms with Crippen LogP contribution in [0, 0.1) is 0 Å². The number of rotatable bonds is 0. The largest absolute Gasteiger partial charge is 0.289 e. The molecule has 0 N–H and O–H groups in total. The normalized spacial score (nSPS) is 16.6. The molecular formula is C8H9N. The highest BCUT2D eigenvalue weighted by Crippen LogP contribution is 2.02. The van der Waals surface area contributed by atoms with Gasteiger partial charge in [-0.25, -0.2) is 0 Å². The van der Waals surface area contributed by atoms with E-state index in [2.05, 4.69) is 11.6 Å². The highest BCUT2D eigenvalue weighted by molar-refractivity contribution is 6.05. The smallest absolute Gasteiger partial charge is 0.0571 e. The molecule has 1 aliphatic carbocycles. The van der Waals surface area contributed by atoms with Crippen molar-refractivity contribution in [3.63, 3.8) is 0 Å². The monoisotopic (exact) mass is 119 g/mol. The van der Waals surface area contributed by atoms with Gasteiger partial charge >= 0.3 is 0 Å². The Hall–Kier alpha value is -1.11. The first-order chi connectivity index (χ1) is 4.33. The zero-order chi connectivity index (χ0) is 6.69. The van der Waals surface area contributed by atoms with Crippen molar-refractivity contribution in [2.75, 3.05) is 7.05 Å². The Morgan fingerprint density at radius 1 is 1.22 bits per heavy atom. The van der Waals surface area contributed by atoms with Crippen molar-refractivity contribution >= 4 is 5.71 Å². The maximum atomic E-state index is 3.98. The minimum atomic E-state index is 1.00. The lowest BCUT2D eigenvalue weighted by molar-refractivity contribution is 1.44. The molecule has 0 amide bonds. The van der Waals surface area contributed by atoms with Crippen molar-refractivity contribution in [2.45, 2.75) is 0 Å². The molecule has 0 unspecified atom stereocenters. The summed E-state index contributed by atoms with van der Waals surface area (Å²) in [7, 11) is 1.78. The van der Waals surface area contributed by atoms with Crippen molar-refractivity contribution < 1.29 is 0 Å². The zero-order valence-corrected chi connectivity index (χ0v) is 5.46. The second-order valence-electron chi connectivity index (χ2n) is 1.89. The summed E-state index contributed by atoms with van der Waals surface area (Å²) in [4.78, 5) is 3.98. The van der Waals surface area contributed by atoms with E-state index in [0.717, 1.165) is 11.3 Å². The maximum Gasteiger partial charge on any atom is 0.0571 e. The van der Waals surface area contributed by atoms with Crippen molar-refractivity contribution in [2.24, 2.45) is 4.99 Å². The van der Waals surface area contributed by atoms with E-state index in [1.807, 2.05) is 24.3 Å². The van der Waals surface area contributed by atoms with Crippen LogP contribution >= 0.6 is 0 Å². The van der Waals surface area contributed by atoms with Gasteiger partial charge in [0, 0.05) is 7.05 Å². The second kappa shape index (κ2) is 2.44. The molecule has 0 aromatic carbocycles. The van der Waals surface area contributed by atoms with Gasteiger partial charge in [-0.3, -0.25) is 4.99 Å². The van der Waals surface area contributed by atoms with Crippen LogP contribution in [0.3, 0.4) is 0 Å². The third-order valence-electron chi connectivity index (χ3n) is 1.19. The fourth-order valence-electron chi connectivity index (χ4n) is 0.645. The molecule has 46 valence electrons. The molecule has 0 aliphatic heterocycles. The van der Waals surface area contributed by atoms with Gasteiger partial charge < -0.3 is 0 Å². The Bertz CT molecular complexity index is 189. The number of hydrogen-bond acceptors (Lipinski definition) is 1. The van der Waals surface area contributed by atoms with E-state index in [0.29, 0.717) is 0 Å². The molecule has 0 aromatic rings.